The average molecular weight is 455 g/mol. The lowest BCUT2D eigenvalue weighted by Gasteiger charge is -2.13. The van der Waals surface area contributed by atoms with Gasteiger partial charge in [0, 0.05) is 10.0 Å². The number of nitrogens with zero attached hydrogens (tertiary/aromatic N) is 2. The number of furan rings is 1. The van der Waals surface area contributed by atoms with Crippen molar-refractivity contribution >= 4 is 39.9 Å². The Bertz CT molecular complexity index is 1040. The fourth-order valence-electron chi connectivity index (χ4n) is 4.38. The molecule has 2 heterocycles. The van der Waals surface area contributed by atoms with Crippen molar-refractivity contribution in [3.63, 3.8) is 0 Å². The number of ether oxygens (including phenoxy) is 1. The van der Waals surface area contributed by atoms with E-state index in [2.05, 4.69) is 21.0 Å². The Morgan fingerprint density at radius 3 is 2.55 bits per heavy atom. The van der Waals surface area contributed by atoms with Crippen molar-refractivity contribution in [3.05, 3.63) is 64.5 Å². The zero-order valence-corrected chi connectivity index (χ0v) is 16.6. The van der Waals surface area contributed by atoms with Crippen LogP contribution in [0.25, 0.3) is 0 Å². The molecular weight excluding hydrogens is 440 g/mol. The van der Waals surface area contributed by atoms with Gasteiger partial charge in [-0.05, 0) is 48.6 Å². The quantitative estimate of drug-likeness (QED) is 0.232. The monoisotopic (exact) mass is 454 g/mol. The highest BCUT2D eigenvalue weighted by Gasteiger charge is 2.59. The number of fused-ring (bicyclic) bond motifs is 5. The number of rotatable bonds is 4. The molecule has 7 nitrogen and oxygen atoms in total. The van der Waals surface area contributed by atoms with Crippen LogP contribution in [0.3, 0.4) is 0 Å². The predicted molar refractivity (Wildman–Crippen MR) is 105 cm³/mol. The van der Waals surface area contributed by atoms with Crippen molar-refractivity contribution in [2.45, 2.75) is 6.42 Å². The van der Waals surface area contributed by atoms with E-state index in [1.807, 2.05) is 12.2 Å². The lowest BCUT2D eigenvalue weighted by molar-refractivity contribution is -0.140. The lowest BCUT2D eigenvalue weighted by atomic mass is 9.85. The highest BCUT2D eigenvalue weighted by molar-refractivity contribution is 9.10. The molecule has 1 saturated carbocycles. The third-order valence-electron chi connectivity index (χ3n) is 5.66. The number of carbonyl (C=O) groups excluding carboxylic acids is 3. The van der Waals surface area contributed by atoms with Gasteiger partial charge in [-0.3, -0.25) is 9.59 Å². The first-order valence-electron chi connectivity index (χ1n) is 9.18. The number of esters is 1. The second-order valence-electron chi connectivity index (χ2n) is 7.28. The molecule has 29 heavy (non-hydrogen) atoms. The molecule has 1 saturated heterocycles. The first-order valence-corrected chi connectivity index (χ1v) is 9.97. The minimum atomic E-state index is -0.655. The summed E-state index contributed by atoms with van der Waals surface area (Å²) in [6.07, 6.45) is 7.67. The molecule has 0 spiro atoms. The lowest BCUT2D eigenvalue weighted by Crippen LogP contribution is -2.28. The smallest absolute Gasteiger partial charge is 0.379 e. The fourth-order valence-corrected chi connectivity index (χ4v) is 4.76. The molecular formula is C21H15BrN2O5. The summed E-state index contributed by atoms with van der Waals surface area (Å²) in [5, 5.41) is 5.11. The molecule has 0 unspecified atom stereocenters. The van der Waals surface area contributed by atoms with Gasteiger partial charge in [0.15, 0.2) is 0 Å². The highest BCUT2D eigenvalue weighted by atomic mass is 79.9. The van der Waals surface area contributed by atoms with Crippen LogP contribution >= 0.6 is 15.9 Å². The molecule has 1 aliphatic heterocycles. The summed E-state index contributed by atoms with van der Waals surface area (Å²) < 4.78 is 11.2. The zero-order chi connectivity index (χ0) is 20.1. The number of hydrogen-bond donors (Lipinski definition) is 0. The van der Waals surface area contributed by atoms with E-state index >= 15 is 0 Å². The van der Waals surface area contributed by atoms with Crippen LogP contribution in [0.5, 0.6) is 5.75 Å². The molecule has 0 radical (unpaired) electrons. The minimum absolute atomic E-state index is 0.0662. The van der Waals surface area contributed by atoms with Crippen molar-refractivity contribution in [1.82, 2.24) is 5.01 Å². The van der Waals surface area contributed by atoms with Gasteiger partial charge >= 0.3 is 5.97 Å². The van der Waals surface area contributed by atoms with Gasteiger partial charge in [0.1, 0.15) is 5.75 Å². The molecule has 2 bridgehead atoms. The Kier molecular flexibility index (Phi) is 4.24. The molecule has 5 rings (SSSR count). The largest absolute Gasteiger partial charge is 0.457 e. The van der Waals surface area contributed by atoms with E-state index in [0.717, 1.165) is 15.9 Å². The Labute approximate surface area is 174 Å². The van der Waals surface area contributed by atoms with Crippen LogP contribution in [-0.4, -0.2) is 29.0 Å². The average Bonchev–Trinajstić information content (AvgIpc) is 3.48. The van der Waals surface area contributed by atoms with Crippen LogP contribution in [0.1, 0.15) is 22.5 Å². The molecule has 146 valence electrons. The normalized spacial score (nSPS) is 27.3. The Morgan fingerprint density at radius 1 is 1.17 bits per heavy atom. The Hall–Kier alpha value is -3.00. The molecule has 0 N–H and O–H groups in total. The van der Waals surface area contributed by atoms with Gasteiger partial charge in [-0.2, -0.15) is 10.1 Å². The number of halogens is 1. The van der Waals surface area contributed by atoms with Crippen LogP contribution in [0.4, 0.5) is 0 Å². The van der Waals surface area contributed by atoms with Crippen LogP contribution in [0, 0.1) is 23.7 Å². The van der Waals surface area contributed by atoms with E-state index < -0.39 is 5.97 Å². The molecule has 2 aliphatic carbocycles. The van der Waals surface area contributed by atoms with Gasteiger partial charge in [0.25, 0.3) is 11.8 Å². The molecule has 2 aromatic rings. The Balaban J connectivity index is 1.40. The summed E-state index contributed by atoms with van der Waals surface area (Å²) in [6.45, 7) is 0. The van der Waals surface area contributed by atoms with E-state index in [1.54, 1.807) is 24.3 Å². The van der Waals surface area contributed by atoms with Crippen LogP contribution in [0.15, 0.2) is 62.7 Å². The maximum atomic E-state index is 12.7. The van der Waals surface area contributed by atoms with Crippen LogP contribution < -0.4 is 4.74 Å². The summed E-state index contributed by atoms with van der Waals surface area (Å²) in [5.74, 6) is -1.26. The van der Waals surface area contributed by atoms with Gasteiger partial charge in [-0.1, -0.05) is 28.1 Å². The van der Waals surface area contributed by atoms with E-state index in [-0.39, 0.29) is 47.0 Å². The van der Waals surface area contributed by atoms with Gasteiger partial charge in [0.2, 0.25) is 5.76 Å². The number of amides is 2. The van der Waals surface area contributed by atoms with E-state index in [4.69, 9.17) is 9.15 Å². The number of allylic oxidation sites excluding steroid dienone is 2. The summed E-state index contributed by atoms with van der Waals surface area (Å²) in [4.78, 5) is 37.7. The highest BCUT2D eigenvalue weighted by Crippen LogP contribution is 2.52. The molecule has 4 atom stereocenters. The maximum Gasteiger partial charge on any atom is 0.379 e. The van der Waals surface area contributed by atoms with Crippen molar-refractivity contribution < 1.29 is 23.5 Å². The number of hydrogen-bond acceptors (Lipinski definition) is 6. The molecule has 1 aromatic heterocycles. The van der Waals surface area contributed by atoms with Gasteiger partial charge in [-0.15, -0.1) is 0 Å². The molecule has 1 aromatic carbocycles. The first-order chi connectivity index (χ1) is 14.0. The summed E-state index contributed by atoms with van der Waals surface area (Å²) in [6, 6.07) is 8.08. The zero-order valence-electron chi connectivity index (χ0n) is 15.0. The third-order valence-corrected chi connectivity index (χ3v) is 6.15. The molecule has 2 amide bonds. The summed E-state index contributed by atoms with van der Waals surface area (Å²) in [5.41, 5.74) is 0.443. The van der Waals surface area contributed by atoms with Crippen LogP contribution in [0.2, 0.25) is 0 Å². The Morgan fingerprint density at radius 2 is 1.90 bits per heavy atom. The first kappa shape index (κ1) is 18.1. The number of benzene rings is 1. The standard InChI is InChI=1S/C21H15BrN2O5/c22-14-5-6-15(29-21(27)16-2-1-7-28-16)13(9-14)10-23-24-19(25)17-11-3-4-12(8-11)18(17)20(24)26/h1-7,9-12,17-18H,8H2/t11-,12-,17-,18+/m0/s1. The predicted octanol–water partition coefficient (Wildman–Crippen LogP) is 3.40. The van der Waals surface area contributed by atoms with E-state index in [0.29, 0.717) is 5.56 Å². The van der Waals surface area contributed by atoms with Gasteiger partial charge < -0.3 is 9.15 Å². The number of hydrazone groups is 1. The van der Waals surface area contributed by atoms with Crippen molar-refractivity contribution in [1.29, 1.82) is 0 Å². The number of carbonyl (C=O) groups is 3. The SMILES string of the molecule is O=C(Oc1ccc(Br)cc1C=NN1C(=O)[C@@H]2[C@H](C1=O)[C@H]1C=C[C@H]2C1)c1ccco1. The van der Waals surface area contributed by atoms with E-state index in [9.17, 15) is 14.4 Å². The molecule has 3 aliphatic rings. The van der Waals surface area contributed by atoms with Crippen LogP contribution in [-0.2, 0) is 9.59 Å². The third kappa shape index (κ3) is 2.95. The number of imide groups is 1. The topological polar surface area (TPSA) is 89.2 Å². The minimum Gasteiger partial charge on any atom is -0.457 e. The van der Waals surface area contributed by atoms with Gasteiger partial charge in [-0.25, -0.2) is 4.79 Å². The fraction of sp³-hybridized carbons (Fsp3) is 0.238. The molecule has 8 heteroatoms. The molecule has 2 fully saturated rings. The second kappa shape index (κ2) is 6.81. The van der Waals surface area contributed by atoms with Gasteiger partial charge in [0.05, 0.1) is 24.3 Å². The summed E-state index contributed by atoms with van der Waals surface area (Å²) in [7, 11) is 0. The van der Waals surface area contributed by atoms with E-state index in [1.165, 1.54) is 18.5 Å². The van der Waals surface area contributed by atoms with Crippen molar-refractivity contribution in [3.8, 4) is 5.75 Å². The van der Waals surface area contributed by atoms with Crippen molar-refractivity contribution in [2.75, 3.05) is 0 Å². The van der Waals surface area contributed by atoms with Crippen molar-refractivity contribution in [2.24, 2.45) is 28.8 Å². The second-order valence-corrected chi connectivity index (χ2v) is 8.20. The summed E-state index contributed by atoms with van der Waals surface area (Å²) >= 11 is 3.37. The maximum absolute atomic E-state index is 12.7.